The second-order valence-corrected chi connectivity index (χ2v) is 7.98. The first-order chi connectivity index (χ1) is 11.5. The smallest absolute Gasteiger partial charge is 0.238 e. The van der Waals surface area contributed by atoms with Gasteiger partial charge in [-0.1, -0.05) is 32.0 Å². The number of carbonyl (C=O) groups excluding carboxylic acids is 1. The van der Waals surface area contributed by atoms with Crippen molar-refractivity contribution in [2.24, 2.45) is 5.41 Å². The summed E-state index contributed by atoms with van der Waals surface area (Å²) in [4.78, 5) is 15.0. The van der Waals surface area contributed by atoms with E-state index in [-0.39, 0.29) is 30.7 Å². The van der Waals surface area contributed by atoms with E-state index in [2.05, 4.69) is 54.5 Å². The predicted octanol–water partition coefficient (Wildman–Crippen LogP) is 3.98. The molecular weight excluding hydrogens is 369 g/mol. The maximum absolute atomic E-state index is 12.6. The van der Waals surface area contributed by atoms with E-state index >= 15 is 0 Å². The molecule has 2 saturated heterocycles. The predicted molar refractivity (Wildman–Crippen MR) is 114 cm³/mol. The number of rotatable bonds is 4. The molecule has 1 aromatic carbocycles. The van der Waals surface area contributed by atoms with Crippen molar-refractivity contribution in [2.75, 3.05) is 38.0 Å². The molecule has 2 aliphatic rings. The van der Waals surface area contributed by atoms with Gasteiger partial charge in [-0.25, -0.2) is 0 Å². The molecule has 1 unspecified atom stereocenters. The Balaban J connectivity index is 0.00000169. The molecule has 1 amide bonds. The highest BCUT2D eigenvalue weighted by atomic mass is 35.5. The summed E-state index contributed by atoms with van der Waals surface area (Å²) in [6, 6.07) is 6.26. The summed E-state index contributed by atoms with van der Waals surface area (Å²) in [6.45, 7) is 11.3. The van der Waals surface area contributed by atoms with Crippen molar-refractivity contribution in [3.63, 3.8) is 0 Å². The summed E-state index contributed by atoms with van der Waals surface area (Å²) in [5.41, 5.74) is 3.78. The molecule has 0 aliphatic carbocycles. The topological polar surface area (TPSA) is 44.4 Å². The molecule has 2 fully saturated rings. The zero-order valence-electron chi connectivity index (χ0n) is 16.1. The Bertz CT molecular complexity index is 601. The van der Waals surface area contributed by atoms with Crippen molar-refractivity contribution in [1.82, 2.24) is 10.2 Å². The standard InChI is InChI=1S/C20H31N3O.2ClH/c1-15(2)17-7-4-6-16(3)19(17)22-18(24)12-23-11-5-8-20(14-23)9-10-21-13-20;;/h4,6-7,15,21H,5,8-14H2,1-3H3,(H,22,24);2*1H. The summed E-state index contributed by atoms with van der Waals surface area (Å²) >= 11 is 0. The van der Waals surface area contributed by atoms with Crippen LogP contribution in [0.15, 0.2) is 18.2 Å². The van der Waals surface area contributed by atoms with E-state index in [1.165, 1.54) is 24.8 Å². The fourth-order valence-corrected chi connectivity index (χ4v) is 4.31. The number of nitrogens with zero attached hydrogens (tertiary/aromatic N) is 1. The fraction of sp³-hybridized carbons (Fsp3) is 0.650. The van der Waals surface area contributed by atoms with Crippen molar-refractivity contribution < 1.29 is 4.79 Å². The average Bonchev–Trinajstić information content (AvgIpc) is 2.96. The molecule has 0 aromatic heterocycles. The molecule has 4 nitrogen and oxygen atoms in total. The van der Waals surface area contributed by atoms with Gasteiger partial charge in [0.25, 0.3) is 0 Å². The minimum Gasteiger partial charge on any atom is -0.324 e. The Labute approximate surface area is 170 Å². The number of amides is 1. The van der Waals surface area contributed by atoms with Crippen molar-refractivity contribution in [2.45, 2.75) is 46.0 Å². The summed E-state index contributed by atoms with van der Waals surface area (Å²) in [5, 5.41) is 6.69. The number of aryl methyl sites for hydroxylation is 1. The van der Waals surface area contributed by atoms with Crippen LogP contribution in [0.25, 0.3) is 0 Å². The SMILES string of the molecule is Cc1cccc(C(C)C)c1NC(=O)CN1CCCC2(CCNC2)C1.Cl.Cl. The minimum absolute atomic E-state index is 0. The molecule has 2 aliphatic heterocycles. The molecule has 3 rings (SSSR count). The first kappa shape index (κ1) is 23.2. The number of carbonyl (C=O) groups is 1. The molecule has 1 spiro atoms. The van der Waals surface area contributed by atoms with Crippen LogP contribution in [0.4, 0.5) is 5.69 Å². The van der Waals surface area contributed by atoms with Crippen LogP contribution in [0.1, 0.15) is 50.2 Å². The van der Waals surface area contributed by atoms with Gasteiger partial charge in [-0.05, 0) is 61.7 Å². The lowest BCUT2D eigenvalue weighted by Gasteiger charge is -2.39. The molecule has 0 saturated carbocycles. The zero-order valence-corrected chi connectivity index (χ0v) is 17.8. The van der Waals surface area contributed by atoms with E-state index in [4.69, 9.17) is 0 Å². The number of hydrogen-bond acceptors (Lipinski definition) is 3. The first-order valence-electron chi connectivity index (χ1n) is 9.32. The number of piperidine rings is 1. The molecule has 6 heteroatoms. The van der Waals surface area contributed by atoms with Gasteiger partial charge in [0.2, 0.25) is 5.91 Å². The highest BCUT2D eigenvalue weighted by Crippen LogP contribution is 2.35. The van der Waals surface area contributed by atoms with Gasteiger partial charge in [0, 0.05) is 18.8 Å². The number of nitrogens with one attached hydrogen (secondary N) is 2. The van der Waals surface area contributed by atoms with Gasteiger partial charge in [-0.2, -0.15) is 0 Å². The molecule has 1 aromatic rings. The number of benzene rings is 1. The monoisotopic (exact) mass is 401 g/mol. The number of para-hydroxylation sites is 1. The maximum atomic E-state index is 12.6. The Morgan fingerprint density at radius 3 is 2.73 bits per heavy atom. The van der Waals surface area contributed by atoms with Crippen LogP contribution in [0, 0.1) is 12.3 Å². The van der Waals surface area contributed by atoms with E-state index in [1.54, 1.807) is 0 Å². The van der Waals surface area contributed by atoms with Crippen molar-refractivity contribution in [3.05, 3.63) is 29.3 Å². The largest absolute Gasteiger partial charge is 0.324 e. The van der Waals surface area contributed by atoms with Crippen LogP contribution < -0.4 is 10.6 Å². The molecule has 0 bridgehead atoms. The third-order valence-electron chi connectivity index (χ3n) is 5.63. The summed E-state index contributed by atoms with van der Waals surface area (Å²) < 4.78 is 0. The lowest BCUT2D eigenvalue weighted by Crippen LogP contribution is -2.47. The fourth-order valence-electron chi connectivity index (χ4n) is 4.31. The number of halogens is 2. The third-order valence-corrected chi connectivity index (χ3v) is 5.63. The average molecular weight is 402 g/mol. The number of likely N-dealkylation sites (tertiary alicyclic amines) is 1. The van der Waals surface area contributed by atoms with Gasteiger partial charge < -0.3 is 10.6 Å². The Kier molecular flexibility index (Phi) is 8.87. The zero-order chi connectivity index (χ0) is 17.2. The Hall–Kier alpha value is -0.810. The van der Waals surface area contributed by atoms with Crippen LogP contribution in [0.2, 0.25) is 0 Å². The molecule has 0 radical (unpaired) electrons. The van der Waals surface area contributed by atoms with E-state index < -0.39 is 0 Å². The lowest BCUT2D eigenvalue weighted by atomic mass is 9.79. The molecule has 2 N–H and O–H groups in total. The Morgan fingerprint density at radius 2 is 2.08 bits per heavy atom. The van der Waals surface area contributed by atoms with E-state index in [0.29, 0.717) is 17.9 Å². The van der Waals surface area contributed by atoms with Crippen molar-refractivity contribution >= 4 is 36.4 Å². The molecule has 2 heterocycles. The molecule has 148 valence electrons. The second kappa shape index (κ2) is 9.93. The third kappa shape index (κ3) is 5.35. The number of anilines is 1. The van der Waals surface area contributed by atoms with Crippen molar-refractivity contribution in [3.8, 4) is 0 Å². The first-order valence-corrected chi connectivity index (χ1v) is 9.32. The van der Waals surface area contributed by atoms with Crippen LogP contribution in [0.5, 0.6) is 0 Å². The second-order valence-electron chi connectivity index (χ2n) is 7.98. The van der Waals surface area contributed by atoms with E-state index in [1.807, 2.05) is 0 Å². The summed E-state index contributed by atoms with van der Waals surface area (Å²) in [7, 11) is 0. The van der Waals surface area contributed by atoms with Crippen LogP contribution in [0.3, 0.4) is 0 Å². The molecule has 1 atom stereocenters. The van der Waals surface area contributed by atoms with Crippen LogP contribution in [-0.2, 0) is 4.79 Å². The molecule has 26 heavy (non-hydrogen) atoms. The minimum atomic E-state index is 0. The highest BCUT2D eigenvalue weighted by molar-refractivity contribution is 5.94. The quantitative estimate of drug-likeness (QED) is 0.801. The van der Waals surface area contributed by atoms with Gasteiger partial charge in [0.05, 0.1) is 6.54 Å². The summed E-state index contributed by atoms with van der Waals surface area (Å²) in [5.74, 6) is 0.525. The van der Waals surface area contributed by atoms with Crippen LogP contribution >= 0.6 is 24.8 Å². The van der Waals surface area contributed by atoms with Gasteiger partial charge in [0.1, 0.15) is 0 Å². The van der Waals surface area contributed by atoms with Crippen molar-refractivity contribution in [1.29, 1.82) is 0 Å². The normalized spacial score (nSPS) is 22.8. The molecular formula is C20H33Cl2N3O. The van der Waals surface area contributed by atoms with E-state index in [0.717, 1.165) is 37.4 Å². The number of hydrogen-bond donors (Lipinski definition) is 2. The van der Waals surface area contributed by atoms with Crippen LogP contribution in [-0.4, -0.2) is 43.5 Å². The lowest BCUT2D eigenvalue weighted by molar-refractivity contribution is -0.118. The Morgan fingerprint density at radius 1 is 1.31 bits per heavy atom. The van der Waals surface area contributed by atoms with E-state index in [9.17, 15) is 4.79 Å². The summed E-state index contributed by atoms with van der Waals surface area (Å²) in [6.07, 6.45) is 3.75. The van der Waals surface area contributed by atoms with Gasteiger partial charge in [-0.15, -0.1) is 24.8 Å². The van der Waals surface area contributed by atoms with Gasteiger partial charge in [-0.3, -0.25) is 9.69 Å². The van der Waals surface area contributed by atoms with Gasteiger partial charge >= 0.3 is 0 Å². The van der Waals surface area contributed by atoms with Gasteiger partial charge in [0.15, 0.2) is 0 Å². The highest BCUT2D eigenvalue weighted by Gasteiger charge is 2.38. The maximum Gasteiger partial charge on any atom is 0.238 e.